The SMILES string of the molecule is O=[N+]([O-])c1cc(Cl)ccc1NCc1cc2ccccc2o1. The average Bonchev–Trinajstić information content (AvgIpc) is 2.88. The van der Waals surface area contributed by atoms with Crippen LogP contribution in [0.5, 0.6) is 0 Å². The summed E-state index contributed by atoms with van der Waals surface area (Å²) >= 11 is 5.78. The molecule has 0 saturated carbocycles. The fraction of sp³-hybridized carbons (Fsp3) is 0.0667. The maximum atomic E-state index is 11.0. The van der Waals surface area contributed by atoms with Crippen molar-refractivity contribution in [3.8, 4) is 0 Å². The van der Waals surface area contributed by atoms with Gasteiger partial charge in [0.1, 0.15) is 17.0 Å². The number of benzene rings is 2. The highest BCUT2D eigenvalue weighted by atomic mass is 35.5. The Balaban J connectivity index is 1.83. The van der Waals surface area contributed by atoms with Gasteiger partial charge in [-0.2, -0.15) is 0 Å². The fourth-order valence-electron chi connectivity index (χ4n) is 2.11. The second-order valence-electron chi connectivity index (χ2n) is 4.52. The van der Waals surface area contributed by atoms with Crippen LogP contribution in [0.15, 0.2) is 52.9 Å². The predicted octanol–water partition coefficient (Wildman–Crippen LogP) is 4.61. The van der Waals surface area contributed by atoms with E-state index in [-0.39, 0.29) is 5.69 Å². The molecule has 0 atom stereocenters. The van der Waals surface area contributed by atoms with Gasteiger partial charge >= 0.3 is 0 Å². The molecule has 106 valence electrons. The zero-order chi connectivity index (χ0) is 14.8. The van der Waals surface area contributed by atoms with E-state index >= 15 is 0 Å². The van der Waals surface area contributed by atoms with E-state index in [1.807, 2.05) is 30.3 Å². The van der Waals surface area contributed by atoms with Gasteiger partial charge in [-0.1, -0.05) is 29.8 Å². The first-order valence-electron chi connectivity index (χ1n) is 6.29. The number of hydrogen-bond donors (Lipinski definition) is 1. The molecule has 0 aliphatic rings. The third kappa shape index (κ3) is 2.83. The summed E-state index contributed by atoms with van der Waals surface area (Å²) in [5.74, 6) is 0.709. The average molecular weight is 303 g/mol. The van der Waals surface area contributed by atoms with Crippen LogP contribution in [0.25, 0.3) is 11.0 Å². The van der Waals surface area contributed by atoms with Gasteiger partial charge in [0.05, 0.1) is 11.5 Å². The van der Waals surface area contributed by atoms with E-state index in [2.05, 4.69) is 5.32 Å². The number of nitrogens with zero attached hydrogens (tertiary/aromatic N) is 1. The summed E-state index contributed by atoms with van der Waals surface area (Å²) in [6.07, 6.45) is 0. The predicted molar refractivity (Wildman–Crippen MR) is 81.6 cm³/mol. The number of para-hydroxylation sites is 1. The second kappa shape index (κ2) is 5.46. The van der Waals surface area contributed by atoms with Gasteiger partial charge in [0.15, 0.2) is 0 Å². The Bertz CT molecular complexity index is 781. The van der Waals surface area contributed by atoms with Gasteiger partial charge in [-0.3, -0.25) is 10.1 Å². The molecular formula is C15H11ClN2O3. The molecule has 0 aliphatic carbocycles. The molecule has 1 N–H and O–H groups in total. The van der Waals surface area contributed by atoms with E-state index in [0.29, 0.717) is 23.0 Å². The van der Waals surface area contributed by atoms with Crippen LogP contribution in [0.1, 0.15) is 5.76 Å². The number of nitro benzene ring substituents is 1. The summed E-state index contributed by atoms with van der Waals surface area (Å²) in [6, 6.07) is 14.1. The van der Waals surface area contributed by atoms with Crippen LogP contribution < -0.4 is 5.32 Å². The van der Waals surface area contributed by atoms with E-state index in [4.69, 9.17) is 16.0 Å². The number of anilines is 1. The lowest BCUT2D eigenvalue weighted by atomic mass is 10.2. The molecule has 1 aromatic heterocycles. The van der Waals surface area contributed by atoms with Crippen LogP contribution in [0.4, 0.5) is 11.4 Å². The van der Waals surface area contributed by atoms with Crippen LogP contribution in [0.2, 0.25) is 5.02 Å². The molecular weight excluding hydrogens is 292 g/mol. The van der Waals surface area contributed by atoms with E-state index < -0.39 is 4.92 Å². The van der Waals surface area contributed by atoms with Gasteiger partial charge in [0.2, 0.25) is 0 Å². The van der Waals surface area contributed by atoms with Crippen molar-refractivity contribution >= 4 is 33.9 Å². The van der Waals surface area contributed by atoms with E-state index in [1.54, 1.807) is 12.1 Å². The van der Waals surface area contributed by atoms with Crippen molar-refractivity contribution in [2.24, 2.45) is 0 Å². The molecule has 6 heteroatoms. The van der Waals surface area contributed by atoms with Crippen molar-refractivity contribution in [1.29, 1.82) is 0 Å². The maximum absolute atomic E-state index is 11.0. The molecule has 5 nitrogen and oxygen atoms in total. The Morgan fingerprint density at radius 1 is 1.19 bits per heavy atom. The summed E-state index contributed by atoms with van der Waals surface area (Å²) in [5.41, 5.74) is 1.14. The highest BCUT2D eigenvalue weighted by molar-refractivity contribution is 6.30. The number of furan rings is 1. The number of nitrogens with one attached hydrogen (secondary N) is 1. The summed E-state index contributed by atoms with van der Waals surface area (Å²) in [6.45, 7) is 0.358. The van der Waals surface area contributed by atoms with Crippen LogP contribution in [0.3, 0.4) is 0 Å². The zero-order valence-electron chi connectivity index (χ0n) is 10.9. The van der Waals surface area contributed by atoms with Gasteiger partial charge in [-0.25, -0.2) is 0 Å². The van der Waals surface area contributed by atoms with Gasteiger partial charge in [0.25, 0.3) is 5.69 Å². The molecule has 3 rings (SSSR count). The minimum absolute atomic E-state index is 0.0568. The Morgan fingerprint density at radius 3 is 2.76 bits per heavy atom. The van der Waals surface area contributed by atoms with Gasteiger partial charge in [0, 0.05) is 16.5 Å². The van der Waals surface area contributed by atoms with Crippen molar-refractivity contribution in [3.63, 3.8) is 0 Å². The van der Waals surface area contributed by atoms with Crippen LogP contribution in [-0.2, 0) is 6.54 Å². The Labute approximate surface area is 125 Å². The third-order valence-electron chi connectivity index (χ3n) is 3.09. The molecule has 1 heterocycles. The van der Waals surface area contributed by atoms with E-state index in [9.17, 15) is 10.1 Å². The largest absolute Gasteiger partial charge is 0.459 e. The topological polar surface area (TPSA) is 68.3 Å². The standard InChI is InChI=1S/C15H11ClN2O3/c16-11-5-6-13(14(8-11)18(19)20)17-9-12-7-10-3-1-2-4-15(10)21-12/h1-8,17H,9H2. The normalized spacial score (nSPS) is 10.7. The van der Waals surface area contributed by atoms with Crippen LogP contribution in [0, 0.1) is 10.1 Å². The second-order valence-corrected chi connectivity index (χ2v) is 4.96. The van der Waals surface area contributed by atoms with Crippen molar-refractivity contribution in [1.82, 2.24) is 0 Å². The molecule has 21 heavy (non-hydrogen) atoms. The number of nitro groups is 1. The van der Waals surface area contributed by atoms with Crippen LogP contribution >= 0.6 is 11.6 Å². The number of fused-ring (bicyclic) bond motifs is 1. The van der Waals surface area contributed by atoms with Crippen molar-refractivity contribution in [2.45, 2.75) is 6.54 Å². The molecule has 2 aromatic carbocycles. The lowest BCUT2D eigenvalue weighted by Gasteiger charge is -2.05. The lowest BCUT2D eigenvalue weighted by molar-refractivity contribution is -0.383. The highest BCUT2D eigenvalue weighted by Crippen LogP contribution is 2.28. The number of halogens is 1. The first kappa shape index (κ1) is 13.5. The molecule has 0 bridgehead atoms. The Hall–Kier alpha value is -2.53. The monoisotopic (exact) mass is 302 g/mol. The summed E-state index contributed by atoms with van der Waals surface area (Å²) in [4.78, 5) is 10.5. The smallest absolute Gasteiger partial charge is 0.293 e. The summed E-state index contributed by atoms with van der Waals surface area (Å²) in [7, 11) is 0. The maximum Gasteiger partial charge on any atom is 0.293 e. The summed E-state index contributed by atoms with van der Waals surface area (Å²) < 4.78 is 5.66. The Morgan fingerprint density at radius 2 is 2.00 bits per heavy atom. The minimum atomic E-state index is -0.465. The molecule has 0 amide bonds. The fourth-order valence-corrected chi connectivity index (χ4v) is 2.28. The van der Waals surface area contributed by atoms with Gasteiger partial charge in [-0.05, 0) is 24.3 Å². The zero-order valence-corrected chi connectivity index (χ0v) is 11.6. The summed E-state index contributed by atoms with van der Waals surface area (Å²) in [5, 5.41) is 15.3. The van der Waals surface area contributed by atoms with Crippen molar-refractivity contribution in [2.75, 3.05) is 5.32 Å². The quantitative estimate of drug-likeness (QED) is 0.564. The van der Waals surface area contributed by atoms with Gasteiger partial charge in [-0.15, -0.1) is 0 Å². The Kier molecular flexibility index (Phi) is 3.50. The molecule has 0 unspecified atom stereocenters. The van der Waals surface area contributed by atoms with Gasteiger partial charge < -0.3 is 9.73 Å². The number of hydrogen-bond acceptors (Lipinski definition) is 4. The first-order chi connectivity index (χ1) is 10.1. The van der Waals surface area contributed by atoms with E-state index in [1.165, 1.54) is 6.07 Å². The lowest BCUT2D eigenvalue weighted by Crippen LogP contribution is -2.01. The van der Waals surface area contributed by atoms with Crippen LogP contribution in [-0.4, -0.2) is 4.92 Å². The molecule has 0 saturated heterocycles. The molecule has 0 fully saturated rings. The van der Waals surface area contributed by atoms with Crippen molar-refractivity contribution < 1.29 is 9.34 Å². The highest BCUT2D eigenvalue weighted by Gasteiger charge is 2.14. The first-order valence-corrected chi connectivity index (χ1v) is 6.66. The number of rotatable bonds is 4. The molecule has 0 radical (unpaired) electrons. The minimum Gasteiger partial charge on any atom is -0.459 e. The molecule has 0 aliphatic heterocycles. The molecule has 0 spiro atoms. The van der Waals surface area contributed by atoms with E-state index in [0.717, 1.165) is 11.0 Å². The molecule has 3 aromatic rings. The third-order valence-corrected chi connectivity index (χ3v) is 3.32. The van der Waals surface area contributed by atoms with Crippen molar-refractivity contribution in [3.05, 3.63) is 69.4 Å².